The fourth-order valence-corrected chi connectivity index (χ4v) is 3.03. The second-order valence-electron chi connectivity index (χ2n) is 5.67. The highest BCUT2D eigenvalue weighted by atomic mass is 16.2. The first kappa shape index (κ1) is 13.7. The number of aryl methyl sites for hydroxylation is 1. The summed E-state index contributed by atoms with van der Waals surface area (Å²) in [5.41, 5.74) is 1.20. The van der Waals surface area contributed by atoms with Crippen molar-refractivity contribution in [2.24, 2.45) is 0 Å². The number of pyridine rings is 1. The molecule has 0 aliphatic carbocycles. The van der Waals surface area contributed by atoms with Gasteiger partial charge >= 0.3 is 5.69 Å². The van der Waals surface area contributed by atoms with Gasteiger partial charge in [-0.25, -0.2) is 14.4 Å². The first-order valence-corrected chi connectivity index (χ1v) is 7.60. The maximum Gasteiger partial charge on any atom is 0.343 e. The largest absolute Gasteiger partial charge is 0.348 e. The molecule has 1 unspecified atom stereocenters. The van der Waals surface area contributed by atoms with Crippen LogP contribution in [-0.2, 0) is 13.0 Å². The van der Waals surface area contributed by atoms with Gasteiger partial charge in [-0.3, -0.25) is 9.36 Å². The summed E-state index contributed by atoms with van der Waals surface area (Å²) in [6.45, 7) is 0.557. The van der Waals surface area contributed by atoms with Crippen LogP contribution in [0.3, 0.4) is 0 Å². The van der Waals surface area contributed by atoms with Crippen molar-refractivity contribution in [3.8, 4) is 0 Å². The van der Waals surface area contributed by atoms with E-state index in [-0.39, 0.29) is 17.6 Å². The van der Waals surface area contributed by atoms with Gasteiger partial charge in [-0.15, -0.1) is 0 Å². The predicted molar refractivity (Wildman–Crippen MR) is 82.2 cm³/mol. The number of fused-ring (bicyclic) bond motifs is 2. The number of H-pyrrole nitrogens is 1. The van der Waals surface area contributed by atoms with Gasteiger partial charge in [0, 0.05) is 19.0 Å². The van der Waals surface area contributed by atoms with Crippen molar-refractivity contribution in [3.05, 3.63) is 52.5 Å². The summed E-state index contributed by atoms with van der Waals surface area (Å²) < 4.78 is 3.27. The van der Waals surface area contributed by atoms with Crippen LogP contribution in [0.4, 0.5) is 0 Å². The lowest BCUT2D eigenvalue weighted by Crippen LogP contribution is -2.36. The van der Waals surface area contributed by atoms with Crippen LogP contribution in [0.15, 0.2) is 35.3 Å². The van der Waals surface area contributed by atoms with Gasteiger partial charge in [0.2, 0.25) is 0 Å². The number of nitrogens with one attached hydrogen (secondary N) is 2. The first-order valence-electron chi connectivity index (χ1n) is 7.60. The number of carbonyl (C=O) groups is 1. The number of hydrogen-bond acceptors (Lipinski definition) is 4. The molecule has 1 amide bonds. The summed E-state index contributed by atoms with van der Waals surface area (Å²) in [5.74, 6) is 0.596. The fraction of sp³-hybridized carbons (Fsp3) is 0.333. The minimum absolute atomic E-state index is 0.00872. The second-order valence-corrected chi connectivity index (χ2v) is 5.67. The molecule has 118 valence electrons. The Morgan fingerprint density at radius 1 is 1.30 bits per heavy atom. The maximum absolute atomic E-state index is 12.6. The van der Waals surface area contributed by atoms with E-state index >= 15 is 0 Å². The second kappa shape index (κ2) is 5.38. The lowest BCUT2D eigenvalue weighted by molar-refractivity contribution is 0.0925. The molecular weight excluding hydrogens is 296 g/mol. The van der Waals surface area contributed by atoms with Gasteiger partial charge < -0.3 is 5.32 Å². The Kier molecular flexibility index (Phi) is 3.22. The lowest BCUT2D eigenvalue weighted by Gasteiger charge is -2.16. The van der Waals surface area contributed by atoms with Crippen LogP contribution in [0.1, 0.15) is 29.2 Å². The highest BCUT2D eigenvalue weighted by molar-refractivity contribution is 5.93. The van der Waals surface area contributed by atoms with Crippen LogP contribution in [0.5, 0.6) is 0 Å². The van der Waals surface area contributed by atoms with Gasteiger partial charge in [-0.2, -0.15) is 10.2 Å². The van der Waals surface area contributed by atoms with Gasteiger partial charge in [0.25, 0.3) is 5.91 Å². The number of hydrogen-bond donors (Lipinski definition) is 2. The van der Waals surface area contributed by atoms with Gasteiger partial charge in [-0.1, -0.05) is 6.07 Å². The highest BCUT2D eigenvalue weighted by Gasteiger charge is 2.21. The van der Waals surface area contributed by atoms with E-state index in [9.17, 15) is 9.59 Å². The third-order valence-electron chi connectivity index (χ3n) is 4.24. The molecule has 0 bridgehead atoms. The van der Waals surface area contributed by atoms with Gasteiger partial charge in [0.05, 0.1) is 11.7 Å². The molecule has 0 radical (unpaired) electrons. The van der Waals surface area contributed by atoms with Gasteiger partial charge in [-0.05, 0) is 31.0 Å². The molecule has 1 aliphatic heterocycles. The molecule has 0 saturated heterocycles. The van der Waals surface area contributed by atoms with Crippen molar-refractivity contribution in [1.82, 2.24) is 29.7 Å². The summed E-state index contributed by atoms with van der Waals surface area (Å²) in [7, 11) is 0. The van der Waals surface area contributed by atoms with Crippen LogP contribution in [-0.4, -0.2) is 36.3 Å². The molecule has 8 nitrogen and oxygen atoms in total. The van der Waals surface area contributed by atoms with Crippen LogP contribution < -0.4 is 11.0 Å². The molecule has 1 aliphatic rings. The Labute approximate surface area is 131 Å². The van der Waals surface area contributed by atoms with Gasteiger partial charge in [0.1, 0.15) is 11.5 Å². The Hall–Kier alpha value is -2.90. The molecule has 0 saturated carbocycles. The van der Waals surface area contributed by atoms with E-state index in [0.717, 1.165) is 17.8 Å². The van der Waals surface area contributed by atoms with Crippen LogP contribution in [0.25, 0.3) is 5.52 Å². The quantitative estimate of drug-likeness (QED) is 0.713. The Morgan fingerprint density at radius 3 is 3.13 bits per heavy atom. The molecule has 4 rings (SSSR count). The van der Waals surface area contributed by atoms with Crippen molar-refractivity contribution in [3.63, 3.8) is 0 Å². The van der Waals surface area contributed by atoms with Crippen molar-refractivity contribution < 1.29 is 4.79 Å². The third-order valence-corrected chi connectivity index (χ3v) is 4.24. The number of nitrogens with zero attached hydrogens (tertiary/aromatic N) is 4. The Bertz CT molecular complexity index is 921. The molecule has 3 aromatic rings. The van der Waals surface area contributed by atoms with Crippen molar-refractivity contribution in [2.45, 2.75) is 31.8 Å². The average Bonchev–Trinajstić information content (AvgIpc) is 3.11. The van der Waals surface area contributed by atoms with E-state index < -0.39 is 0 Å². The minimum Gasteiger partial charge on any atom is -0.348 e. The smallest absolute Gasteiger partial charge is 0.343 e. The van der Waals surface area contributed by atoms with Crippen molar-refractivity contribution in [1.29, 1.82) is 0 Å². The molecule has 23 heavy (non-hydrogen) atoms. The summed E-state index contributed by atoms with van der Waals surface area (Å²) in [5, 5.41) is 13.7. The number of amides is 1. The molecule has 8 heteroatoms. The SMILES string of the molecule is O=C(NC1CCc2n[nH]c(=O)n2CC1)c1cccc2ccnn12. The van der Waals surface area contributed by atoms with Crippen molar-refractivity contribution in [2.75, 3.05) is 0 Å². The van der Waals surface area contributed by atoms with E-state index in [1.54, 1.807) is 21.3 Å². The predicted octanol–water partition coefficient (Wildman–Crippen LogP) is 0.354. The third kappa shape index (κ3) is 2.41. The minimum atomic E-state index is -0.187. The lowest BCUT2D eigenvalue weighted by atomic mass is 10.1. The molecule has 3 aromatic heterocycles. The molecule has 0 fully saturated rings. The Balaban J connectivity index is 1.51. The zero-order chi connectivity index (χ0) is 15.8. The van der Waals surface area contributed by atoms with Gasteiger partial charge in [0.15, 0.2) is 0 Å². The molecule has 0 aromatic carbocycles. The molecule has 1 atom stereocenters. The van der Waals surface area contributed by atoms with E-state index in [1.165, 1.54) is 0 Å². The number of aromatic nitrogens is 5. The molecule has 4 heterocycles. The van der Waals surface area contributed by atoms with E-state index in [4.69, 9.17) is 0 Å². The first-order chi connectivity index (χ1) is 11.2. The maximum atomic E-state index is 12.6. The zero-order valence-corrected chi connectivity index (χ0v) is 12.4. The van der Waals surface area contributed by atoms with E-state index in [1.807, 2.05) is 18.2 Å². The number of aromatic amines is 1. The highest BCUT2D eigenvalue weighted by Crippen LogP contribution is 2.13. The standard InChI is InChI=1S/C15H16N6O2/c22-14(12-3-1-2-11-6-8-16-21(11)12)17-10-4-5-13-18-19-15(23)20(13)9-7-10/h1-3,6,8,10H,4-5,7,9H2,(H,17,22)(H,19,23). The van der Waals surface area contributed by atoms with E-state index in [2.05, 4.69) is 20.6 Å². The van der Waals surface area contributed by atoms with Crippen LogP contribution in [0.2, 0.25) is 0 Å². The summed E-state index contributed by atoms with van der Waals surface area (Å²) in [4.78, 5) is 24.2. The molecule has 0 spiro atoms. The Morgan fingerprint density at radius 2 is 2.22 bits per heavy atom. The normalized spacial score (nSPS) is 17.7. The summed E-state index contributed by atoms with van der Waals surface area (Å²) >= 11 is 0. The average molecular weight is 312 g/mol. The van der Waals surface area contributed by atoms with E-state index in [0.29, 0.717) is 25.1 Å². The monoisotopic (exact) mass is 312 g/mol. The molecular formula is C15H16N6O2. The van der Waals surface area contributed by atoms with Crippen LogP contribution >= 0.6 is 0 Å². The topological polar surface area (TPSA) is 97.1 Å². The number of rotatable bonds is 2. The fourth-order valence-electron chi connectivity index (χ4n) is 3.03. The summed E-state index contributed by atoms with van der Waals surface area (Å²) in [6.07, 6.45) is 3.79. The zero-order valence-electron chi connectivity index (χ0n) is 12.4. The van der Waals surface area contributed by atoms with Crippen molar-refractivity contribution >= 4 is 11.4 Å². The van der Waals surface area contributed by atoms with Crippen LogP contribution in [0, 0.1) is 0 Å². The number of carbonyl (C=O) groups excluding carboxylic acids is 1. The summed E-state index contributed by atoms with van der Waals surface area (Å²) in [6, 6.07) is 7.36. The molecule has 2 N–H and O–H groups in total.